The fraction of sp³-hybridized carbons (Fsp3) is 0.455. The standard InChI is InChI=1S/C11H16N2/c1-8-2-3-10(12)6-9(8)7-11(13)4-5-11/h2-3,6H,4-5,7,12-13H2,1H3. The zero-order valence-corrected chi connectivity index (χ0v) is 8.01. The summed E-state index contributed by atoms with van der Waals surface area (Å²) in [5.41, 5.74) is 15.3. The summed E-state index contributed by atoms with van der Waals surface area (Å²) >= 11 is 0. The molecule has 0 radical (unpaired) electrons. The van der Waals surface area contributed by atoms with Crippen molar-refractivity contribution < 1.29 is 0 Å². The van der Waals surface area contributed by atoms with Gasteiger partial charge in [0.2, 0.25) is 0 Å². The molecule has 1 saturated carbocycles. The number of hydrogen-bond donors (Lipinski definition) is 2. The molecule has 0 spiro atoms. The molecule has 0 saturated heterocycles. The molecule has 0 aromatic heterocycles. The van der Waals surface area contributed by atoms with Crippen molar-refractivity contribution in [3.8, 4) is 0 Å². The number of rotatable bonds is 2. The minimum atomic E-state index is 0.0819. The summed E-state index contributed by atoms with van der Waals surface area (Å²) in [4.78, 5) is 0. The van der Waals surface area contributed by atoms with Crippen LogP contribution >= 0.6 is 0 Å². The number of nitrogen functional groups attached to an aromatic ring is 1. The Balaban J connectivity index is 2.23. The van der Waals surface area contributed by atoms with Crippen LogP contribution in [0.25, 0.3) is 0 Å². The van der Waals surface area contributed by atoms with Gasteiger partial charge in [-0.25, -0.2) is 0 Å². The zero-order valence-electron chi connectivity index (χ0n) is 8.01. The fourth-order valence-corrected chi connectivity index (χ4v) is 1.60. The van der Waals surface area contributed by atoms with Crippen LogP contribution in [-0.2, 0) is 6.42 Å². The molecular weight excluding hydrogens is 160 g/mol. The first kappa shape index (κ1) is 8.57. The molecule has 0 unspecified atom stereocenters. The Morgan fingerprint density at radius 2 is 2.08 bits per heavy atom. The highest BCUT2D eigenvalue weighted by Gasteiger charge is 2.38. The summed E-state index contributed by atoms with van der Waals surface area (Å²) in [6.45, 7) is 2.11. The molecule has 2 heteroatoms. The van der Waals surface area contributed by atoms with E-state index in [1.54, 1.807) is 0 Å². The Bertz CT molecular complexity index is 327. The summed E-state index contributed by atoms with van der Waals surface area (Å²) in [5, 5.41) is 0. The Labute approximate surface area is 78.9 Å². The predicted octanol–water partition coefficient (Wildman–Crippen LogP) is 1.61. The monoisotopic (exact) mass is 176 g/mol. The van der Waals surface area contributed by atoms with Crippen LogP contribution < -0.4 is 11.5 Å². The third-order valence-corrected chi connectivity index (χ3v) is 2.81. The van der Waals surface area contributed by atoms with Crippen molar-refractivity contribution >= 4 is 5.69 Å². The molecule has 0 atom stereocenters. The van der Waals surface area contributed by atoms with Gasteiger partial charge < -0.3 is 11.5 Å². The molecule has 1 aromatic rings. The Morgan fingerprint density at radius 3 is 2.69 bits per heavy atom. The highest BCUT2D eigenvalue weighted by Crippen LogP contribution is 2.36. The molecule has 4 N–H and O–H groups in total. The second-order valence-corrected chi connectivity index (χ2v) is 4.23. The van der Waals surface area contributed by atoms with Gasteiger partial charge in [0, 0.05) is 11.2 Å². The molecule has 1 fully saturated rings. The van der Waals surface area contributed by atoms with E-state index >= 15 is 0 Å². The van der Waals surface area contributed by atoms with Crippen LogP contribution in [-0.4, -0.2) is 5.54 Å². The average Bonchev–Trinajstić information content (AvgIpc) is 2.76. The number of benzene rings is 1. The highest BCUT2D eigenvalue weighted by molar-refractivity contribution is 5.45. The molecular formula is C11H16N2. The Kier molecular flexibility index (Phi) is 1.81. The Hall–Kier alpha value is -1.02. The van der Waals surface area contributed by atoms with Gasteiger partial charge in [0.05, 0.1) is 0 Å². The molecule has 0 heterocycles. The van der Waals surface area contributed by atoms with Gasteiger partial charge in [-0.05, 0) is 49.4 Å². The van der Waals surface area contributed by atoms with E-state index in [1.165, 1.54) is 11.1 Å². The molecule has 1 aliphatic carbocycles. The molecule has 1 aliphatic rings. The molecule has 0 amide bonds. The van der Waals surface area contributed by atoms with Crippen molar-refractivity contribution in [2.75, 3.05) is 5.73 Å². The second-order valence-electron chi connectivity index (χ2n) is 4.23. The molecule has 70 valence electrons. The highest BCUT2D eigenvalue weighted by atomic mass is 14.8. The fourth-order valence-electron chi connectivity index (χ4n) is 1.60. The van der Waals surface area contributed by atoms with Crippen molar-refractivity contribution in [3.63, 3.8) is 0 Å². The lowest BCUT2D eigenvalue weighted by Crippen LogP contribution is -2.24. The van der Waals surface area contributed by atoms with E-state index in [9.17, 15) is 0 Å². The summed E-state index contributed by atoms with van der Waals surface area (Å²) in [6.07, 6.45) is 3.28. The average molecular weight is 176 g/mol. The number of nitrogens with two attached hydrogens (primary N) is 2. The molecule has 2 nitrogen and oxygen atoms in total. The van der Waals surface area contributed by atoms with Crippen LogP contribution in [0.4, 0.5) is 5.69 Å². The van der Waals surface area contributed by atoms with Gasteiger partial charge in [0.1, 0.15) is 0 Å². The first-order chi connectivity index (χ1) is 6.09. The first-order valence-corrected chi connectivity index (χ1v) is 4.73. The number of hydrogen-bond acceptors (Lipinski definition) is 2. The normalized spacial score (nSPS) is 18.6. The van der Waals surface area contributed by atoms with Crippen molar-refractivity contribution in [1.82, 2.24) is 0 Å². The number of anilines is 1. The van der Waals surface area contributed by atoms with E-state index in [0.29, 0.717) is 0 Å². The third-order valence-electron chi connectivity index (χ3n) is 2.81. The van der Waals surface area contributed by atoms with Crippen molar-refractivity contribution in [2.24, 2.45) is 5.73 Å². The largest absolute Gasteiger partial charge is 0.399 e. The summed E-state index contributed by atoms with van der Waals surface area (Å²) in [5.74, 6) is 0. The van der Waals surface area contributed by atoms with Gasteiger partial charge >= 0.3 is 0 Å². The van der Waals surface area contributed by atoms with Gasteiger partial charge in [0.15, 0.2) is 0 Å². The molecule has 2 rings (SSSR count). The minimum Gasteiger partial charge on any atom is -0.399 e. The van der Waals surface area contributed by atoms with Crippen LogP contribution in [0.1, 0.15) is 24.0 Å². The van der Waals surface area contributed by atoms with Crippen LogP contribution in [0.5, 0.6) is 0 Å². The molecule has 1 aromatic carbocycles. The van der Waals surface area contributed by atoms with Crippen LogP contribution in [0.3, 0.4) is 0 Å². The minimum absolute atomic E-state index is 0.0819. The van der Waals surface area contributed by atoms with Crippen molar-refractivity contribution in [2.45, 2.75) is 31.7 Å². The van der Waals surface area contributed by atoms with Gasteiger partial charge in [-0.2, -0.15) is 0 Å². The smallest absolute Gasteiger partial charge is 0.0316 e. The van der Waals surface area contributed by atoms with Gasteiger partial charge in [-0.15, -0.1) is 0 Å². The van der Waals surface area contributed by atoms with E-state index in [-0.39, 0.29) is 5.54 Å². The zero-order chi connectivity index (χ0) is 9.47. The van der Waals surface area contributed by atoms with E-state index in [1.807, 2.05) is 12.1 Å². The van der Waals surface area contributed by atoms with Crippen molar-refractivity contribution in [3.05, 3.63) is 29.3 Å². The molecule has 0 bridgehead atoms. The van der Waals surface area contributed by atoms with E-state index < -0.39 is 0 Å². The van der Waals surface area contributed by atoms with E-state index in [0.717, 1.165) is 24.9 Å². The van der Waals surface area contributed by atoms with Gasteiger partial charge in [-0.3, -0.25) is 0 Å². The third kappa shape index (κ3) is 1.83. The lowest BCUT2D eigenvalue weighted by Gasteiger charge is -2.11. The quantitative estimate of drug-likeness (QED) is 0.673. The molecule has 0 aliphatic heterocycles. The first-order valence-electron chi connectivity index (χ1n) is 4.73. The topological polar surface area (TPSA) is 52.0 Å². The second kappa shape index (κ2) is 2.74. The van der Waals surface area contributed by atoms with Gasteiger partial charge in [0.25, 0.3) is 0 Å². The predicted molar refractivity (Wildman–Crippen MR) is 55.4 cm³/mol. The maximum atomic E-state index is 6.06. The summed E-state index contributed by atoms with van der Waals surface area (Å²) < 4.78 is 0. The number of aryl methyl sites for hydroxylation is 1. The summed E-state index contributed by atoms with van der Waals surface area (Å²) in [6, 6.07) is 6.05. The van der Waals surface area contributed by atoms with Crippen LogP contribution in [0.15, 0.2) is 18.2 Å². The Morgan fingerprint density at radius 1 is 1.38 bits per heavy atom. The van der Waals surface area contributed by atoms with Crippen LogP contribution in [0, 0.1) is 6.92 Å². The van der Waals surface area contributed by atoms with E-state index in [4.69, 9.17) is 11.5 Å². The van der Waals surface area contributed by atoms with Gasteiger partial charge in [-0.1, -0.05) is 6.07 Å². The SMILES string of the molecule is Cc1ccc(N)cc1CC1(N)CC1. The van der Waals surface area contributed by atoms with Crippen molar-refractivity contribution in [1.29, 1.82) is 0 Å². The van der Waals surface area contributed by atoms with E-state index in [2.05, 4.69) is 13.0 Å². The lowest BCUT2D eigenvalue weighted by molar-refractivity contribution is 0.670. The lowest BCUT2D eigenvalue weighted by atomic mass is 10.00. The maximum absolute atomic E-state index is 6.06. The summed E-state index contributed by atoms with van der Waals surface area (Å²) in [7, 11) is 0. The molecule has 13 heavy (non-hydrogen) atoms. The maximum Gasteiger partial charge on any atom is 0.0316 e. The van der Waals surface area contributed by atoms with Crippen LogP contribution in [0.2, 0.25) is 0 Å².